The number of hydrogen-bond acceptors (Lipinski definition) is 5. The molecule has 1 N–H and O–H groups in total. The van der Waals surface area contributed by atoms with E-state index in [-0.39, 0.29) is 11.9 Å². The molecule has 5 heteroatoms. The molecule has 0 aromatic heterocycles. The van der Waals surface area contributed by atoms with Gasteiger partial charge in [0.2, 0.25) is 0 Å². The average molecular weight is 245 g/mol. The van der Waals surface area contributed by atoms with Crippen molar-refractivity contribution >= 4 is 11.9 Å². The van der Waals surface area contributed by atoms with Crippen molar-refractivity contribution < 1.29 is 19.1 Å². The van der Waals surface area contributed by atoms with E-state index < -0.39 is 12.1 Å². The number of rotatable bonds is 8. The smallest absolute Gasteiger partial charge is 0.323 e. The molecule has 2 atom stereocenters. The summed E-state index contributed by atoms with van der Waals surface area (Å²) in [5, 5.41) is 2.94. The first kappa shape index (κ1) is 15.9. The second-order valence-corrected chi connectivity index (χ2v) is 3.73. The summed E-state index contributed by atoms with van der Waals surface area (Å²) in [5.74, 6) is -0.664. The van der Waals surface area contributed by atoms with E-state index in [1.807, 2.05) is 6.92 Å². The van der Waals surface area contributed by atoms with Gasteiger partial charge in [0, 0.05) is 0 Å². The van der Waals surface area contributed by atoms with E-state index >= 15 is 0 Å². The summed E-state index contributed by atoms with van der Waals surface area (Å²) in [7, 11) is 0. The number of hydrogen-bond donors (Lipinski definition) is 1. The molecule has 0 aliphatic carbocycles. The number of nitrogens with one attached hydrogen (secondary N) is 1. The predicted octanol–water partition coefficient (Wildman–Crippen LogP) is 1.26. The van der Waals surface area contributed by atoms with Gasteiger partial charge in [-0.1, -0.05) is 13.3 Å². The molecule has 0 rings (SSSR count). The van der Waals surface area contributed by atoms with Gasteiger partial charge in [-0.2, -0.15) is 0 Å². The lowest BCUT2D eigenvalue weighted by atomic mass is 10.1. The normalized spacial score (nSPS) is 13.9. The van der Waals surface area contributed by atoms with Gasteiger partial charge in [-0.05, 0) is 27.2 Å². The van der Waals surface area contributed by atoms with Crippen LogP contribution in [-0.2, 0) is 19.1 Å². The molecule has 0 fully saturated rings. The zero-order valence-electron chi connectivity index (χ0n) is 11.1. The van der Waals surface area contributed by atoms with Crippen LogP contribution in [0.1, 0.15) is 40.5 Å². The van der Waals surface area contributed by atoms with E-state index in [0.29, 0.717) is 19.6 Å². The van der Waals surface area contributed by atoms with E-state index in [0.717, 1.165) is 6.42 Å². The molecule has 0 radical (unpaired) electrons. The predicted molar refractivity (Wildman–Crippen MR) is 64.6 cm³/mol. The van der Waals surface area contributed by atoms with Crippen LogP contribution in [-0.4, -0.2) is 37.2 Å². The Kier molecular flexibility index (Phi) is 8.40. The lowest BCUT2D eigenvalue weighted by Crippen LogP contribution is -2.46. The van der Waals surface area contributed by atoms with E-state index in [9.17, 15) is 9.59 Å². The lowest BCUT2D eigenvalue weighted by molar-refractivity contribution is -0.148. The van der Waals surface area contributed by atoms with Crippen molar-refractivity contribution in [3.05, 3.63) is 0 Å². The van der Waals surface area contributed by atoms with Crippen LogP contribution in [0.3, 0.4) is 0 Å². The van der Waals surface area contributed by atoms with Crippen molar-refractivity contribution in [1.82, 2.24) is 5.32 Å². The molecule has 5 nitrogen and oxygen atoms in total. The van der Waals surface area contributed by atoms with Gasteiger partial charge in [0.1, 0.15) is 12.1 Å². The highest BCUT2D eigenvalue weighted by Crippen LogP contribution is 2.02. The highest BCUT2D eigenvalue weighted by atomic mass is 16.5. The molecule has 0 aromatic carbocycles. The number of ether oxygens (including phenoxy) is 2. The molecule has 0 heterocycles. The lowest BCUT2D eigenvalue weighted by Gasteiger charge is -2.20. The highest BCUT2D eigenvalue weighted by molar-refractivity contribution is 5.79. The largest absolute Gasteiger partial charge is 0.465 e. The third kappa shape index (κ3) is 6.26. The van der Waals surface area contributed by atoms with Gasteiger partial charge in [-0.25, -0.2) is 0 Å². The quantitative estimate of drug-likeness (QED) is 0.652. The van der Waals surface area contributed by atoms with Gasteiger partial charge in [-0.3, -0.25) is 14.9 Å². The highest BCUT2D eigenvalue weighted by Gasteiger charge is 2.24. The average Bonchev–Trinajstić information content (AvgIpc) is 2.29. The zero-order chi connectivity index (χ0) is 13.3. The first-order valence-electron chi connectivity index (χ1n) is 6.16. The van der Waals surface area contributed by atoms with E-state index in [1.54, 1.807) is 20.8 Å². The molecular weight excluding hydrogens is 222 g/mol. The Labute approximate surface area is 103 Å². The molecule has 0 aliphatic rings. The fraction of sp³-hybridized carbons (Fsp3) is 0.833. The summed E-state index contributed by atoms with van der Waals surface area (Å²) < 4.78 is 9.81. The Morgan fingerprint density at radius 2 is 1.59 bits per heavy atom. The van der Waals surface area contributed by atoms with Crippen molar-refractivity contribution in [2.45, 2.75) is 52.6 Å². The standard InChI is InChI=1S/C12H23NO4/c1-5-8-10(12(15)17-7-3)13-9(4)11(14)16-6-2/h9-10,13H,5-8H2,1-4H3. The second kappa shape index (κ2) is 8.98. The van der Waals surface area contributed by atoms with Crippen LogP contribution in [0.2, 0.25) is 0 Å². The van der Waals surface area contributed by atoms with Crippen molar-refractivity contribution in [3.8, 4) is 0 Å². The van der Waals surface area contributed by atoms with Crippen LogP contribution in [0.4, 0.5) is 0 Å². The number of esters is 2. The molecular formula is C12H23NO4. The maximum atomic E-state index is 11.6. The fourth-order valence-corrected chi connectivity index (χ4v) is 1.44. The summed E-state index contributed by atoms with van der Waals surface area (Å²) in [6.07, 6.45) is 1.48. The van der Waals surface area contributed by atoms with Crippen molar-refractivity contribution in [3.63, 3.8) is 0 Å². The Morgan fingerprint density at radius 3 is 2.06 bits per heavy atom. The molecule has 2 unspecified atom stereocenters. The second-order valence-electron chi connectivity index (χ2n) is 3.73. The van der Waals surface area contributed by atoms with Crippen molar-refractivity contribution in [2.75, 3.05) is 13.2 Å². The van der Waals surface area contributed by atoms with E-state index in [4.69, 9.17) is 9.47 Å². The number of carbonyl (C=O) groups excluding carboxylic acids is 2. The summed E-state index contributed by atoms with van der Waals surface area (Å²) in [6, 6.07) is -0.949. The Hall–Kier alpha value is -1.10. The Bertz CT molecular complexity index is 243. The minimum absolute atomic E-state index is 0.314. The zero-order valence-corrected chi connectivity index (χ0v) is 11.1. The molecule has 0 bridgehead atoms. The molecule has 0 aliphatic heterocycles. The summed E-state index contributed by atoms with van der Waals surface area (Å²) in [5.41, 5.74) is 0. The molecule has 0 saturated heterocycles. The summed E-state index contributed by atoms with van der Waals surface area (Å²) >= 11 is 0. The van der Waals surface area contributed by atoms with Gasteiger partial charge in [0.25, 0.3) is 0 Å². The molecule has 0 aromatic rings. The topological polar surface area (TPSA) is 64.6 Å². The summed E-state index contributed by atoms with van der Waals surface area (Å²) in [6.45, 7) is 7.84. The van der Waals surface area contributed by atoms with Gasteiger partial charge in [0.15, 0.2) is 0 Å². The van der Waals surface area contributed by atoms with Crippen LogP contribution in [0.25, 0.3) is 0 Å². The molecule has 17 heavy (non-hydrogen) atoms. The first-order valence-corrected chi connectivity index (χ1v) is 6.16. The fourth-order valence-electron chi connectivity index (χ4n) is 1.44. The SMILES string of the molecule is CCCC(NC(C)C(=O)OCC)C(=O)OCC. The van der Waals surface area contributed by atoms with Gasteiger partial charge >= 0.3 is 11.9 Å². The first-order chi connectivity index (χ1) is 8.06. The van der Waals surface area contributed by atoms with Crippen LogP contribution in [0, 0.1) is 0 Å². The van der Waals surface area contributed by atoms with Crippen LogP contribution < -0.4 is 5.32 Å². The monoisotopic (exact) mass is 245 g/mol. The molecule has 0 spiro atoms. The van der Waals surface area contributed by atoms with Crippen LogP contribution in [0.15, 0.2) is 0 Å². The molecule has 100 valence electrons. The third-order valence-electron chi connectivity index (χ3n) is 2.24. The van der Waals surface area contributed by atoms with E-state index in [1.165, 1.54) is 0 Å². The maximum absolute atomic E-state index is 11.6. The van der Waals surface area contributed by atoms with Crippen molar-refractivity contribution in [2.24, 2.45) is 0 Å². The van der Waals surface area contributed by atoms with Gasteiger partial charge in [0.05, 0.1) is 13.2 Å². The summed E-state index contributed by atoms with van der Waals surface area (Å²) in [4.78, 5) is 23.0. The van der Waals surface area contributed by atoms with Gasteiger partial charge in [-0.15, -0.1) is 0 Å². The Morgan fingerprint density at radius 1 is 1.06 bits per heavy atom. The minimum Gasteiger partial charge on any atom is -0.465 e. The third-order valence-corrected chi connectivity index (χ3v) is 2.24. The minimum atomic E-state index is -0.504. The molecule has 0 saturated carbocycles. The maximum Gasteiger partial charge on any atom is 0.323 e. The van der Waals surface area contributed by atoms with Crippen LogP contribution in [0.5, 0.6) is 0 Å². The van der Waals surface area contributed by atoms with Gasteiger partial charge < -0.3 is 9.47 Å². The van der Waals surface area contributed by atoms with Crippen molar-refractivity contribution in [1.29, 1.82) is 0 Å². The Balaban J connectivity index is 4.32. The van der Waals surface area contributed by atoms with E-state index in [2.05, 4.69) is 5.32 Å². The number of carbonyl (C=O) groups is 2. The molecule has 0 amide bonds. The van der Waals surface area contributed by atoms with Crippen LogP contribution >= 0.6 is 0 Å².